The van der Waals surface area contributed by atoms with Gasteiger partial charge in [-0.2, -0.15) is 0 Å². The van der Waals surface area contributed by atoms with E-state index in [4.69, 9.17) is 0 Å². The highest BCUT2D eigenvalue weighted by atomic mass is 16.4. The standard InChI is InChI=1S/C21H30N2O4/c1-14(2)20(25)23-9-7-17(8-10-23)19(24)22-13-18(21(26)27)12-16-6-4-5-15(3)11-16/h4-6,11,14,17-18H,7-10,12-13H2,1-3H3,(H,22,24)(H,26,27). The molecule has 1 aliphatic heterocycles. The van der Waals surface area contributed by atoms with Crippen molar-refractivity contribution >= 4 is 17.8 Å². The summed E-state index contributed by atoms with van der Waals surface area (Å²) in [5.41, 5.74) is 2.04. The average molecular weight is 374 g/mol. The fourth-order valence-corrected chi connectivity index (χ4v) is 3.47. The molecule has 1 unspecified atom stereocenters. The van der Waals surface area contributed by atoms with E-state index in [0.29, 0.717) is 32.4 Å². The van der Waals surface area contributed by atoms with Crippen molar-refractivity contribution in [1.82, 2.24) is 10.2 Å². The SMILES string of the molecule is Cc1cccc(CC(CNC(=O)C2CCN(C(=O)C(C)C)CC2)C(=O)O)c1. The van der Waals surface area contributed by atoms with Gasteiger partial charge in [0, 0.05) is 31.5 Å². The lowest BCUT2D eigenvalue weighted by atomic mass is 9.94. The Labute approximate surface area is 160 Å². The van der Waals surface area contributed by atoms with Crippen LogP contribution in [0, 0.1) is 24.7 Å². The highest BCUT2D eigenvalue weighted by molar-refractivity contribution is 5.81. The zero-order valence-electron chi connectivity index (χ0n) is 16.4. The smallest absolute Gasteiger partial charge is 0.308 e. The van der Waals surface area contributed by atoms with Gasteiger partial charge in [-0.25, -0.2) is 0 Å². The lowest BCUT2D eigenvalue weighted by Crippen LogP contribution is -2.45. The first-order chi connectivity index (χ1) is 12.8. The third-order valence-electron chi connectivity index (χ3n) is 5.11. The minimum atomic E-state index is -0.908. The quantitative estimate of drug-likeness (QED) is 0.766. The molecule has 1 fully saturated rings. The number of carbonyl (C=O) groups excluding carboxylic acids is 2. The normalized spacial score (nSPS) is 16.2. The highest BCUT2D eigenvalue weighted by Gasteiger charge is 2.29. The molecule has 1 saturated heterocycles. The Morgan fingerprint density at radius 1 is 1.22 bits per heavy atom. The molecular formula is C21H30N2O4. The maximum Gasteiger partial charge on any atom is 0.308 e. The lowest BCUT2D eigenvalue weighted by molar-refractivity contribution is -0.142. The minimum absolute atomic E-state index is 0.0340. The van der Waals surface area contributed by atoms with Crippen LogP contribution < -0.4 is 5.32 Å². The molecule has 1 aromatic rings. The van der Waals surface area contributed by atoms with E-state index in [9.17, 15) is 19.5 Å². The summed E-state index contributed by atoms with van der Waals surface area (Å²) in [6, 6.07) is 7.76. The molecule has 148 valence electrons. The lowest BCUT2D eigenvalue weighted by Gasteiger charge is -2.32. The first kappa shape index (κ1) is 20.9. The van der Waals surface area contributed by atoms with E-state index in [0.717, 1.165) is 11.1 Å². The Morgan fingerprint density at radius 3 is 2.44 bits per heavy atom. The van der Waals surface area contributed by atoms with Crippen LogP contribution in [-0.2, 0) is 20.8 Å². The van der Waals surface area contributed by atoms with Crippen molar-refractivity contribution in [2.75, 3.05) is 19.6 Å². The van der Waals surface area contributed by atoms with E-state index in [1.807, 2.05) is 49.9 Å². The van der Waals surface area contributed by atoms with Crippen LogP contribution in [0.1, 0.15) is 37.8 Å². The van der Waals surface area contributed by atoms with Gasteiger partial charge in [-0.05, 0) is 31.7 Å². The summed E-state index contributed by atoms with van der Waals surface area (Å²) < 4.78 is 0. The molecule has 1 atom stereocenters. The zero-order chi connectivity index (χ0) is 20.0. The molecule has 0 aliphatic carbocycles. The summed E-state index contributed by atoms with van der Waals surface area (Å²) in [5.74, 6) is -1.74. The summed E-state index contributed by atoms with van der Waals surface area (Å²) in [5, 5.41) is 12.3. The fourth-order valence-electron chi connectivity index (χ4n) is 3.47. The van der Waals surface area contributed by atoms with Gasteiger partial charge in [-0.3, -0.25) is 14.4 Å². The van der Waals surface area contributed by atoms with Crippen LogP contribution in [0.4, 0.5) is 0 Å². The van der Waals surface area contributed by atoms with Crippen molar-refractivity contribution in [2.45, 2.75) is 40.0 Å². The zero-order valence-corrected chi connectivity index (χ0v) is 16.4. The topological polar surface area (TPSA) is 86.7 Å². The van der Waals surface area contributed by atoms with Gasteiger partial charge in [0.1, 0.15) is 0 Å². The number of hydrogen-bond donors (Lipinski definition) is 2. The Morgan fingerprint density at radius 2 is 1.89 bits per heavy atom. The van der Waals surface area contributed by atoms with Gasteiger partial charge < -0.3 is 15.3 Å². The van der Waals surface area contributed by atoms with Crippen LogP contribution in [0.5, 0.6) is 0 Å². The van der Waals surface area contributed by atoms with Crippen molar-refractivity contribution in [3.05, 3.63) is 35.4 Å². The van der Waals surface area contributed by atoms with E-state index in [1.165, 1.54) is 0 Å². The molecule has 0 saturated carbocycles. The van der Waals surface area contributed by atoms with Gasteiger partial charge in [-0.1, -0.05) is 43.7 Å². The summed E-state index contributed by atoms with van der Waals surface area (Å²) in [7, 11) is 0. The molecule has 6 nitrogen and oxygen atoms in total. The van der Waals surface area contributed by atoms with Gasteiger partial charge in [0.25, 0.3) is 0 Å². The average Bonchev–Trinajstić information content (AvgIpc) is 2.64. The number of aryl methyl sites for hydroxylation is 1. The molecule has 27 heavy (non-hydrogen) atoms. The second kappa shape index (κ2) is 9.53. The number of aliphatic carboxylic acids is 1. The second-order valence-electron chi connectivity index (χ2n) is 7.73. The largest absolute Gasteiger partial charge is 0.481 e. The second-order valence-corrected chi connectivity index (χ2v) is 7.73. The highest BCUT2D eigenvalue weighted by Crippen LogP contribution is 2.19. The van der Waals surface area contributed by atoms with Gasteiger partial charge in [0.15, 0.2) is 0 Å². The number of rotatable bonds is 7. The number of carboxylic acid groups (broad SMARTS) is 1. The van der Waals surface area contributed by atoms with E-state index in [1.54, 1.807) is 0 Å². The molecule has 0 aromatic heterocycles. The maximum absolute atomic E-state index is 12.4. The molecule has 6 heteroatoms. The third-order valence-corrected chi connectivity index (χ3v) is 5.11. The minimum Gasteiger partial charge on any atom is -0.481 e. The summed E-state index contributed by atoms with van der Waals surface area (Å²) in [6.07, 6.45) is 1.64. The number of carbonyl (C=O) groups is 3. The summed E-state index contributed by atoms with van der Waals surface area (Å²) >= 11 is 0. The number of nitrogens with one attached hydrogen (secondary N) is 1. The number of amides is 2. The molecule has 1 heterocycles. The van der Waals surface area contributed by atoms with Crippen molar-refractivity contribution in [2.24, 2.45) is 17.8 Å². The van der Waals surface area contributed by atoms with Crippen molar-refractivity contribution < 1.29 is 19.5 Å². The predicted octanol–water partition coefficient (Wildman–Crippen LogP) is 2.25. The molecule has 1 aromatic carbocycles. The van der Waals surface area contributed by atoms with Crippen LogP contribution >= 0.6 is 0 Å². The van der Waals surface area contributed by atoms with Crippen LogP contribution in [0.2, 0.25) is 0 Å². The molecule has 0 bridgehead atoms. The Bertz CT molecular complexity index is 679. The number of likely N-dealkylation sites (tertiary alicyclic amines) is 1. The molecule has 0 spiro atoms. The number of carboxylic acids is 1. The Kier molecular flexibility index (Phi) is 7.39. The summed E-state index contributed by atoms with van der Waals surface area (Å²) in [4.78, 5) is 37.8. The number of piperidine rings is 1. The third kappa shape index (κ3) is 6.08. The first-order valence-corrected chi connectivity index (χ1v) is 9.62. The van der Waals surface area contributed by atoms with E-state index in [2.05, 4.69) is 5.32 Å². The number of hydrogen-bond acceptors (Lipinski definition) is 3. The van der Waals surface area contributed by atoms with Gasteiger partial charge >= 0.3 is 5.97 Å². The Hall–Kier alpha value is -2.37. The van der Waals surface area contributed by atoms with Gasteiger partial charge in [0.2, 0.25) is 11.8 Å². The van der Waals surface area contributed by atoms with Gasteiger partial charge in [-0.15, -0.1) is 0 Å². The molecular weight excluding hydrogens is 344 g/mol. The van der Waals surface area contributed by atoms with Gasteiger partial charge in [0.05, 0.1) is 5.92 Å². The molecule has 2 amide bonds. The van der Waals surface area contributed by atoms with E-state index >= 15 is 0 Å². The van der Waals surface area contributed by atoms with E-state index < -0.39 is 11.9 Å². The van der Waals surface area contributed by atoms with Crippen molar-refractivity contribution in [3.63, 3.8) is 0 Å². The molecule has 2 N–H and O–H groups in total. The number of nitrogens with zero attached hydrogens (tertiary/aromatic N) is 1. The van der Waals surface area contributed by atoms with Crippen LogP contribution in [0.15, 0.2) is 24.3 Å². The summed E-state index contributed by atoms with van der Waals surface area (Å²) in [6.45, 7) is 7.01. The molecule has 2 rings (SSSR count). The monoisotopic (exact) mass is 374 g/mol. The predicted molar refractivity (Wildman–Crippen MR) is 103 cm³/mol. The number of benzene rings is 1. The van der Waals surface area contributed by atoms with Crippen LogP contribution in [-0.4, -0.2) is 47.4 Å². The maximum atomic E-state index is 12.4. The van der Waals surface area contributed by atoms with Crippen LogP contribution in [0.25, 0.3) is 0 Å². The van der Waals surface area contributed by atoms with Crippen LogP contribution in [0.3, 0.4) is 0 Å². The van der Waals surface area contributed by atoms with Crippen molar-refractivity contribution in [1.29, 1.82) is 0 Å². The van der Waals surface area contributed by atoms with E-state index in [-0.39, 0.29) is 30.2 Å². The molecule has 0 radical (unpaired) electrons. The first-order valence-electron chi connectivity index (χ1n) is 9.62. The van der Waals surface area contributed by atoms with Crippen molar-refractivity contribution in [3.8, 4) is 0 Å². The fraction of sp³-hybridized carbons (Fsp3) is 0.571. The molecule has 1 aliphatic rings. The Balaban J connectivity index is 1.84.